The Morgan fingerprint density at radius 1 is 0.550 bits per heavy atom. The standard InChI is InChI=1S/C31H33N3O6/c1-32-30(35)28-24-20-33(26-8-4-2-6-22(24)26)10-12-37-14-16-39-18-19-40-17-15-38-13-11-34-21-25(29(28)31(32)36)23-7-3-5-9-27(23)34/h2-9,20-21H,10-19H2,1H3. The van der Waals surface area contributed by atoms with E-state index in [1.807, 2.05) is 60.9 Å². The van der Waals surface area contributed by atoms with Gasteiger partial charge in [0, 0.05) is 65.5 Å². The molecule has 0 aliphatic carbocycles. The van der Waals surface area contributed by atoms with Crippen molar-refractivity contribution in [2.75, 3.05) is 59.9 Å². The summed E-state index contributed by atoms with van der Waals surface area (Å²) in [5, 5.41) is 1.84. The van der Waals surface area contributed by atoms with Gasteiger partial charge < -0.3 is 28.1 Å². The van der Waals surface area contributed by atoms with E-state index in [0.29, 0.717) is 77.1 Å². The number of likely N-dealkylation sites (N-methyl/N-ethyl adjacent to an activating group) is 1. The van der Waals surface area contributed by atoms with Crippen LogP contribution in [0, 0.1) is 0 Å². The predicted octanol–water partition coefficient (Wildman–Crippen LogP) is 3.59. The van der Waals surface area contributed by atoms with E-state index in [4.69, 9.17) is 18.9 Å². The zero-order valence-electron chi connectivity index (χ0n) is 22.6. The van der Waals surface area contributed by atoms with Crippen molar-refractivity contribution in [3.63, 3.8) is 0 Å². The van der Waals surface area contributed by atoms with E-state index in [1.54, 1.807) is 7.05 Å². The lowest BCUT2D eigenvalue weighted by Crippen LogP contribution is -2.26. The second-order valence-electron chi connectivity index (χ2n) is 9.88. The van der Waals surface area contributed by atoms with Gasteiger partial charge in [-0.15, -0.1) is 0 Å². The van der Waals surface area contributed by atoms with Crippen LogP contribution >= 0.6 is 0 Å². The zero-order valence-corrected chi connectivity index (χ0v) is 22.6. The monoisotopic (exact) mass is 543 g/mol. The molecule has 6 rings (SSSR count). The Morgan fingerprint density at radius 2 is 0.925 bits per heavy atom. The highest BCUT2D eigenvalue weighted by atomic mass is 16.6. The summed E-state index contributed by atoms with van der Waals surface area (Å²) in [4.78, 5) is 28.6. The lowest BCUT2D eigenvalue weighted by atomic mass is 9.95. The van der Waals surface area contributed by atoms with Gasteiger partial charge >= 0.3 is 0 Å². The number of hydrogen-bond acceptors (Lipinski definition) is 6. The minimum atomic E-state index is -0.300. The number of rotatable bonds is 0. The number of aromatic nitrogens is 2. The summed E-state index contributed by atoms with van der Waals surface area (Å²) in [5.41, 5.74) is 4.31. The van der Waals surface area contributed by atoms with E-state index in [1.165, 1.54) is 4.90 Å². The van der Waals surface area contributed by atoms with Gasteiger partial charge in [0.15, 0.2) is 0 Å². The molecule has 2 aliphatic heterocycles. The van der Waals surface area contributed by atoms with Crippen molar-refractivity contribution in [3.05, 3.63) is 72.1 Å². The molecule has 9 heteroatoms. The number of fused-ring (bicyclic) bond motifs is 12. The van der Waals surface area contributed by atoms with Crippen LogP contribution in [0.4, 0.5) is 0 Å². The van der Waals surface area contributed by atoms with Crippen molar-refractivity contribution < 1.29 is 28.5 Å². The molecule has 0 fully saturated rings. The van der Waals surface area contributed by atoms with E-state index in [0.717, 1.165) is 32.9 Å². The lowest BCUT2D eigenvalue weighted by Gasteiger charge is -2.09. The Labute approximate surface area is 232 Å². The van der Waals surface area contributed by atoms with Gasteiger partial charge in [-0.3, -0.25) is 14.5 Å². The average Bonchev–Trinajstić information content (AvgIpc) is 3.59. The van der Waals surface area contributed by atoms with E-state index in [2.05, 4.69) is 9.13 Å². The van der Waals surface area contributed by atoms with Gasteiger partial charge in [0.05, 0.1) is 64.0 Å². The van der Waals surface area contributed by atoms with Crippen molar-refractivity contribution >= 4 is 44.8 Å². The molecule has 4 bridgehead atoms. The van der Waals surface area contributed by atoms with Crippen molar-refractivity contribution in [2.24, 2.45) is 0 Å². The second-order valence-corrected chi connectivity index (χ2v) is 9.88. The highest BCUT2D eigenvalue weighted by molar-refractivity contribution is 6.50. The van der Waals surface area contributed by atoms with Crippen LogP contribution in [-0.2, 0) is 41.6 Å². The third kappa shape index (κ3) is 4.97. The van der Waals surface area contributed by atoms with Crippen molar-refractivity contribution in [2.45, 2.75) is 13.1 Å². The maximum Gasteiger partial charge on any atom is 0.261 e. The molecule has 40 heavy (non-hydrogen) atoms. The van der Waals surface area contributed by atoms with Crippen molar-refractivity contribution in [3.8, 4) is 0 Å². The van der Waals surface area contributed by atoms with Crippen molar-refractivity contribution in [1.82, 2.24) is 14.0 Å². The van der Waals surface area contributed by atoms with Crippen LogP contribution in [0.15, 0.2) is 60.9 Å². The summed E-state index contributed by atoms with van der Waals surface area (Å²) >= 11 is 0. The van der Waals surface area contributed by atoms with Gasteiger partial charge in [0.25, 0.3) is 11.8 Å². The molecule has 0 saturated carbocycles. The van der Waals surface area contributed by atoms with Crippen LogP contribution in [0.2, 0.25) is 0 Å². The molecule has 0 radical (unpaired) electrons. The summed E-state index contributed by atoms with van der Waals surface area (Å²) in [6, 6.07) is 15.9. The predicted molar refractivity (Wildman–Crippen MR) is 152 cm³/mol. The first-order valence-corrected chi connectivity index (χ1v) is 13.7. The molecule has 0 atom stereocenters. The summed E-state index contributed by atoms with van der Waals surface area (Å²) in [6.07, 6.45) is 3.95. The molecular formula is C31H33N3O6. The first-order valence-electron chi connectivity index (χ1n) is 13.7. The van der Waals surface area contributed by atoms with Gasteiger partial charge in [-0.2, -0.15) is 0 Å². The van der Waals surface area contributed by atoms with Gasteiger partial charge in [0.1, 0.15) is 0 Å². The quantitative estimate of drug-likeness (QED) is 0.315. The van der Waals surface area contributed by atoms with E-state index < -0.39 is 0 Å². The Kier molecular flexibility index (Phi) is 7.79. The Hall–Kier alpha value is -3.76. The fourth-order valence-electron chi connectivity index (χ4n) is 5.49. The van der Waals surface area contributed by atoms with Gasteiger partial charge in [0.2, 0.25) is 0 Å². The molecule has 0 spiro atoms. The molecule has 208 valence electrons. The average molecular weight is 544 g/mol. The van der Waals surface area contributed by atoms with Crippen LogP contribution in [0.25, 0.3) is 33.0 Å². The highest BCUT2D eigenvalue weighted by Gasteiger charge is 2.39. The summed E-state index contributed by atoms with van der Waals surface area (Å²) in [7, 11) is 1.55. The number of hydrogen-bond donors (Lipinski definition) is 0. The largest absolute Gasteiger partial charge is 0.377 e. The molecule has 4 aromatic rings. The zero-order chi connectivity index (χ0) is 27.5. The van der Waals surface area contributed by atoms with E-state index >= 15 is 0 Å². The van der Waals surface area contributed by atoms with Crippen LogP contribution in [0.5, 0.6) is 0 Å². The Balaban J connectivity index is 1.47. The van der Waals surface area contributed by atoms with Crippen molar-refractivity contribution in [1.29, 1.82) is 0 Å². The molecule has 2 aromatic carbocycles. The highest BCUT2D eigenvalue weighted by Crippen LogP contribution is 2.41. The normalized spacial score (nSPS) is 18.7. The third-order valence-corrected chi connectivity index (χ3v) is 7.47. The van der Waals surface area contributed by atoms with E-state index in [9.17, 15) is 9.59 Å². The Morgan fingerprint density at radius 3 is 1.35 bits per heavy atom. The first kappa shape index (κ1) is 26.5. The van der Waals surface area contributed by atoms with E-state index in [-0.39, 0.29) is 11.8 Å². The topological polar surface area (TPSA) is 84.2 Å². The molecule has 0 N–H and O–H groups in total. The molecule has 4 heterocycles. The fourth-order valence-corrected chi connectivity index (χ4v) is 5.49. The number of imide groups is 1. The minimum absolute atomic E-state index is 0.300. The molecular weight excluding hydrogens is 510 g/mol. The maximum atomic E-state index is 13.7. The maximum absolute atomic E-state index is 13.7. The Bertz CT molecular complexity index is 1470. The first-order chi connectivity index (χ1) is 19.6. The molecule has 2 aromatic heterocycles. The number of carbonyl (C=O) groups excluding carboxylic acids is 2. The third-order valence-electron chi connectivity index (χ3n) is 7.47. The van der Waals surface area contributed by atoms with Crippen LogP contribution in [-0.4, -0.2) is 85.8 Å². The van der Waals surface area contributed by atoms with Gasteiger partial charge in [-0.05, 0) is 12.1 Å². The number of ether oxygens (including phenoxy) is 4. The van der Waals surface area contributed by atoms with Crippen LogP contribution < -0.4 is 0 Å². The summed E-state index contributed by atoms with van der Waals surface area (Å²) in [6.45, 7) is 5.12. The molecule has 2 aliphatic rings. The number of benzene rings is 2. The SMILES string of the molecule is CN1C(=O)C2=C(C1=O)c1cn(c3ccccc13)CCOCCOCCOCCOCCn1cc2c2ccccc21. The number of carbonyl (C=O) groups is 2. The second kappa shape index (κ2) is 11.8. The summed E-state index contributed by atoms with van der Waals surface area (Å²) in [5.74, 6) is -0.600. The number of amides is 2. The van der Waals surface area contributed by atoms with Crippen LogP contribution in [0.1, 0.15) is 11.1 Å². The molecule has 0 saturated heterocycles. The summed E-state index contributed by atoms with van der Waals surface area (Å²) < 4.78 is 27.0. The van der Waals surface area contributed by atoms with Gasteiger partial charge in [-0.1, -0.05) is 36.4 Å². The minimum Gasteiger partial charge on any atom is -0.377 e. The lowest BCUT2D eigenvalue weighted by molar-refractivity contribution is -0.134. The molecule has 2 amide bonds. The fraction of sp³-hybridized carbons (Fsp3) is 0.355. The van der Waals surface area contributed by atoms with Crippen LogP contribution in [0.3, 0.4) is 0 Å². The number of para-hydroxylation sites is 2. The molecule has 9 nitrogen and oxygen atoms in total. The smallest absolute Gasteiger partial charge is 0.261 e. The van der Waals surface area contributed by atoms with Gasteiger partial charge in [-0.25, -0.2) is 0 Å². The molecule has 0 unspecified atom stereocenters. The number of nitrogens with zero attached hydrogens (tertiary/aromatic N) is 3.